The van der Waals surface area contributed by atoms with Crippen LogP contribution in [0.2, 0.25) is 0 Å². The fourth-order valence-electron chi connectivity index (χ4n) is 20.7. The molecule has 10 fully saturated rings. The summed E-state index contributed by atoms with van der Waals surface area (Å²) in [5.74, 6) is 5.54. The molecule has 76 heavy (non-hydrogen) atoms. The predicted molar refractivity (Wildman–Crippen MR) is 293 cm³/mol. The topological polar surface area (TPSA) is 130 Å². The highest BCUT2D eigenvalue weighted by atomic mass is 16.7. The first kappa shape index (κ1) is 55.1. The molecule has 0 aromatic heterocycles. The van der Waals surface area contributed by atoms with Gasteiger partial charge in [0.2, 0.25) is 0 Å². The molecule has 10 aliphatic rings. The molecule has 420 valence electrons. The number of ether oxygens (including phenoxy) is 6. The summed E-state index contributed by atoms with van der Waals surface area (Å²) in [5, 5.41) is 20.8. The van der Waals surface area contributed by atoms with Crippen LogP contribution in [-0.2, 0) is 28.4 Å². The van der Waals surface area contributed by atoms with Crippen molar-refractivity contribution >= 4 is 11.9 Å². The van der Waals surface area contributed by atoms with Gasteiger partial charge in [-0.1, -0.05) is 77.9 Å². The van der Waals surface area contributed by atoms with Gasteiger partial charge in [-0.2, -0.15) is 0 Å². The summed E-state index contributed by atoms with van der Waals surface area (Å²) in [6, 6.07) is 18.8. The van der Waals surface area contributed by atoms with Crippen LogP contribution in [0.1, 0.15) is 191 Å². The first-order valence-corrected chi connectivity index (χ1v) is 30.9. The fourth-order valence-corrected chi connectivity index (χ4v) is 20.7. The molecule has 6 unspecified atom stereocenters. The molecule has 10 nitrogen and oxygen atoms in total. The number of rotatable bonds is 12. The molecular formula is C66H96O10. The van der Waals surface area contributed by atoms with Gasteiger partial charge in [-0.3, -0.25) is 0 Å². The van der Waals surface area contributed by atoms with E-state index in [0.29, 0.717) is 113 Å². The van der Waals surface area contributed by atoms with Crippen LogP contribution in [0.15, 0.2) is 60.7 Å². The lowest BCUT2D eigenvalue weighted by atomic mass is 9.43. The molecular weight excluding hydrogens is 953 g/mol. The standard InChI is InChI=1S/C40H52O6.C26H44O4/c1-27(11-10-22-43-36(41)28-12-6-4-7-13-28)31-16-17-32-35-33(18-19-39(31,32)3)38(2)20-21-40(44-23-24-45-40)26-30(38)25-34(35)46-37(42)29-14-8-5-9-15-29;1-17(5-4-12-27)19-6-7-20-23-21(8-9-25(19,20)3)24(2)10-11-26(29-13-14-30-26)16-18(24)15-22(23)28/h4-9,12-15,27,30-35H,10-11,16-26H2,1-3H3;17-23,27-28H,4-16H2,1-3H3/t27-,30+,31-,32?,33?,34-,35?,38+,39-;17-,18+,19-,20?,21?,22-,23?,24+,25-/m11/s1. The number of esters is 2. The Morgan fingerprint density at radius 2 is 1.03 bits per heavy atom. The zero-order chi connectivity index (χ0) is 53.1. The van der Waals surface area contributed by atoms with Gasteiger partial charge in [0.05, 0.1) is 50.3 Å². The number of fused-ring (bicyclic) bond motifs is 10. The van der Waals surface area contributed by atoms with Crippen LogP contribution in [0.5, 0.6) is 0 Å². The van der Waals surface area contributed by atoms with Crippen molar-refractivity contribution in [2.24, 2.45) is 92.7 Å². The quantitative estimate of drug-likeness (QED) is 0.157. The van der Waals surface area contributed by atoms with Crippen molar-refractivity contribution in [2.45, 2.75) is 194 Å². The third-order valence-electron chi connectivity index (χ3n) is 24.6. The summed E-state index contributed by atoms with van der Waals surface area (Å²) in [6.45, 7) is 18.6. The largest absolute Gasteiger partial charge is 0.462 e. The van der Waals surface area contributed by atoms with Crippen LogP contribution >= 0.6 is 0 Å². The van der Waals surface area contributed by atoms with E-state index in [9.17, 15) is 19.8 Å². The van der Waals surface area contributed by atoms with E-state index in [4.69, 9.17) is 28.4 Å². The highest BCUT2D eigenvalue weighted by Crippen LogP contribution is 2.71. The Kier molecular flexibility index (Phi) is 15.9. The van der Waals surface area contributed by atoms with Crippen molar-refractivity contribution in [3.8, 4) is 0 Å². The van der Waals surface area contributed by atoms with Crippen molar-refractivity contribution < 1.29 is 48.2 Å². The Morgan fingerprint density at radius 1 is 0.566 bits per heavy atom. The summed E-state index contributed by atoms with van der Waals surface area (Å²) in [4.78, 5) is 26.0. The molecule has 2 aliphatic heterocycles. The molecule has 2 N–H and O–H groups in total. The number of aliphatic hydroxyl groups excluding tert-OH is 2. The van der Waals surface area contributed by atoms with Crippen molar-refractivity contribution in [3.63, 3.8) is 0 Å². The van der Waals surface area contributed by atoms with Gasteiger partial charge in [0.1, 0.15) is 6.10 Å². The molecule has 0 bridgehead atoms. The summed E-state index contributed by atoms with van der Waals surface area (Å²) < 4.78 is 36.9. The summed E-state index contributed by atoms with van der Waals surface area (Å²) in [5.41, 5.74) is 2.37. The van der Waals surface area contributed by atoms with Crippen LogP contribution in [0.25, 0.3) is 0 Å². The van der Waals surface area contributed by atoms with Gasteiger partial charge in [0, 0.05) is 38.2 Å². The monoisotopic (exact) mass is 1050 g/mol. The van der Waals surface area contributed by atoms with Crippen LogP contribution < -0.4 is 0 Å². The lowest BCUT2D eigenvalue weighted by molar-refractivity contribution is -0.243. The van der Waals surface area contributed by atoms with E-state index in [1.54, 1.807) is 12.1 Å². The fraction of sp³-hybridized carbons (Fsp3) is 0.788. The van der Waals surface area contributed by atoms with E-state index in [1.165, 1.54) is 57.8 Å². The molecule has 0 amide bonds. The lowest BCUT2D eigenvalue weighted by Gasteiger charge is -2.63. The molecule has 12 rings (SSSR count). The van der Waals surface area contributed by atoms with Gasteiger partial charge in [-0.05, 0) is 214 Å². The van der Waals surface area contributed by atoms with Gasteiger partial charge in [-0.15, -0.1) is 0 Å². The second-order valence-corrected chi connectivity index (χ2v) is 27.9. The number of hydrogen-bond donors (Lipinski definition) is 2. The van der Waals surface area contributed by atoms with Crippen LogP contribution in [0.3, 0.4) is 0 Å². The molecule has 10 heteroatoms. The van der Waals surface area contributed by atoms with Gasteiger partial charge in [0.25, 0.3) is 0 Å². The molecule has 2 heterocycles. The molecule has 2 aromatic carbocycles. The van der Waals surface area contributed by atoms with Gasteiger partial charge < -0.3 is 38.6 Å². The van der Waals surface area contributed by atoms with E-state index >= 15 is 0 Å². The van der Waals surface area contributed by atoms with Crippen LogP contribution in [0.4, 0.5) is 0 Å². The highest BCUT2D eigenvalue weighted by Gasteiger charge is 2.67. The Bertz CT molecular complexity index is 2300. The van der Waals surface area contributed by atoms with Crippen LogP contribution in [0, 0.1) is 92.7 Å². The number of carbonyl (C=O) groups is 2. The third-order valence-corrected chi connectivity index (χ3v) is 24.6. The predicted octanol–water partition coefficient (Wildman–Crippen LogP) is 13.3. The Hall–Kier alpha value is -2.86. The van der Waals surface area contributed by atoms with E-state index in [2.05, 4.69) is 41.5 Å². The highest BCUT2D eigenvalue weighted by molar-refractivity contribution is 5.89. The van der Waals surface area contributed by atoms with Gasteiger partial charge in [0.15, 0.2) is 11.6 Å². The first-order chi connectivity index (χ1) is 36.6. The minimum atomic E-state index is -0.447. The molecule has 8 saturated carbocycles. The SMILES string of the molecule is C[C@H](CCCO)[C@H]1CCC2C3C(CC[C@@]21C)[C@@]1(C)CCC2(C[C@@H]1C[C@H]3O)OCCO2.C[C@H](CCCOC(=O)c1ccccc1)[C@H]1CCC2C3C(CC[C@@]21C)[C@@]1(C)CCC2(C[C@@H]1C[C@H]3OC(=O)c1ccccc1)OCCO2. The van der Waals surface area contributed by atoms with E-state index in [0.717, 1.165) is 89.8 Å². The van der Waals surface area contributed by atoms with E-state index in [-0.39, 0.29) is 40.8 Å². The van der Waals surface area contributed by atoms with Gasteiger partial charge in [-0.25, -0.2) is 9.59 Å². The second kappa shape index (κ2) is 21.9. The molecule has 2 spiro atoms. The lowest BCUT2D eigenvalue weighted by Crippen LogP contribution is -2.60. The summed E-state index contributed by atoms with van der Waals surface area (Å²) in [7, 11) is 0. The Balaban J connectivity index is 0.000000177. The number of benzene rings is 2. The summed E-state index contributed by atoms with van der Waals surface area (Å²) in [6.07, 6.45) is 21.8. The third kappa shape index (κ3) is 9.89. The van der Waals surface area contributed by atoms with Crippen molar-refractivity contribution in [3.05, 3.63) is 71.8 Å². The number of hydrogen-bond acceptors (Lipinski definition) is 10. The zero-order valence-electron chi connectivity index (χ0n) is 47.4. The normalized spacial score (nSPS) is 42.2. The molecule has 18 atom stereocenters. The maximum atomic E-state index is 13.6. The van der Waals surface area contributed by atoms with E-state index < -0.39 is 5.79 Å². The average molecular weight is 1050 g/mol. The average Bonchev–Trinajstić information content (AvgIpc) is 4.25. The minimum Gasteiger partial charge on any atom is -0.462 e. The smallest absolute Gasteiger partial charge is 0.338 e. The molecule has 0 radical (unpaired) electrons. The number of carbonyl (C=O) groups excluding carboxylic acids is 2. The second-order valence-electron chi connectivity index (χ2n) is 27.9. The maximum Gasteiger partial charge on any atom is 0.338 e. The zero-order valence-corrected chi connectivity index (χ0v) is 47.4. The minimum absolute atomic E-state index is 0.0941. The van der Waals surface area contributed by atoms with Crippen molar-refractivity contribution in [2.75, 3.05) is 39.6 Å². The van der Waals surface area contributed by atoms with Crippen LogP contribution in [-0.4, -0.2) is 85.6 Å². The Labute approximate surface area is 456 Å². The molecule has 2 saturated heterocycles. The van der Waals surface area contributed by atoms with Gasteiger partial charge >= 0.3 is 11.9 Å². The maximum absolute atomic E-state index is 13.6. The first-order valence-electron chi connectivity index (χ1n) is 30.9. The summed E-state index contributed by atoms with van der Waals surface area (Å²) >= 11 is 0. The van der Waals surface area contributed by atoms with Crippen molar-refractivity contribution in [1.29, 1.82) is 0 Å². The molecule has 8 aliphatic carbocycles. The Morgan fingerprint density at radius 3 is 1.55 bits per heavy atom. The van der Waals surface area contributed by atoms with E-state index in [1.807, 2.05) is 48.5 Å². The number of aliphatic hydroxyl groups is 2. The molecule has 2 aromatic rings. The van der Waals surface area contributed by atoms with Crippen molar-refractivity contribution in [1.82, 2.24) is 0 Å².